The lowest BCUT2D eigenvalue weighted by Crippen LogP contribution is -2.43. The van der Waals surface area contributed by atoms with Gasteiger partial charge in [0.15, 0.2) is 0 Å². The van der Waals surface area contributed by atoms with Gasteiger partial charge >= 0.3 is 0 Å². The van der Waals surface area contributed by atoms with E-state index in [-0.39, 0.29) is 12.0 Å². The molecule has 2 unspecified atom stereocenters. The number of benzene rings is 1. The summed E-state index contributed by atoms with van der Waals surface area (Å²) in [6.07, 6.45) is 9.86. The molecule has 1 heterocycles. The van der Waals surface area contributed by atoms with Crippen molar-refractivity contribution >= 4 is 0 Å². The Labute approximate surface area is 141 Å². The van der Waals surface area contributed by atoms with Crippen molar-refractivity contribution < 1.29 is 10.2 Å². The first-order valence-electron chi connectivity index (χ1n) is 9.40. The van der Waals surface area contributed by atoms with Gasteiger partial charge in [0.2, 0.25) is 0 Å². The van der Waals surface area contributed by atoms with E-state index in [9.17, 15) is 10.2 Å². The predicted molar refractivity (Wildman–Crippen MR) is 95.9 cm³/mol. The van der Waals surface area contributed by atoms with Crippen LogP contribution >= 0.6 is 0 Å². The molecule has 3 heteroatoms. The van der Waals surface area contributed by atoms with Crippen molar-refractivity contribution in [1.29, 1.82) is 0 Å². The number of phenolic OH excluding ortho intramolecular Hbond substituents is 1. The number of unbranched alkanes of at least 4 members (excludes halogenated alkanes) is 6. The highest BCUT2D eigenvalue weighted by Crippen LogP contribution is 2.33. The zero-order chi connectivity index (χ0) is 16.5. The van der Waals surface area contributed by atoms with Crippen molar-refractivity contribution in [1.82, 2.24) is 4.90 Å². The smallest absolute Gasteiger partial charge is 0.119 e. The molecule has 23 heavy (non-hydrogen) atoms. The Kier molecular flexibility index (Phi) is 7.90. The predicted octanol–water partition coefficient (Wildman–Crippen LogP) is 4.29. The Morgan fingerprint density at radius 2 is 1.74 bits per heavy atom. The van der Waals surface area contributed by atoms with E-state index in [1.165, 1.54) is 44.9 Å². The molecule has 0 radical (unpaired) electrons. The normalized spacial score (nSPS) is 22.3. The molecule has 0 aliphatic carbocycles. The van der Waals surface area contributed by atoms with Gasteiger partial charge in [-0.05, 0) is 37.6 Å². The Bertz CT molecular complexity index is 449. The van der Waals surface area contributed by atoms with E-state index >= 15 is 0 Å². The molecule has 1 aliphatic rings. The zero-order valence-electron chi connectivity index (χ0n) is 14.6. The van der Waals surface area contributed by atoms with Crippen LogP contribution in [0.1, 0.15) is 69.8 Å². The molecular formula is C20H33NO2. The Morgan fingerprint density at radius 1 is 1.04 bits per heavy atom. The Balaban J connectivity index is 1.67. The van der Waals surface area contributed by atoms with Crippen molar-refractivity contribution in [3.63, 3.8) is 0 Å². The molecule has 1 aromatic carbocycles. The summed E-state index contributed by atoms with van der Waals surface area (Å²) in [5.41, 5.74) is 0.899. The van der Waals surface area contributed by atoms with Gasteiger partial charge in [0.1, 0.15) is 5.75 Å². The summed E-state index contributed by atoms with van der Waals surface area (Å²) in [7, 11) is 0. The lowest BCUT2D eigenvalue weighted by atomic mass is 9.86. The molecule has 1 aromatic rings. The summed E-state index contributed by atoms with van der Waals surface area (Å²) in [5, 5.41) is 20.4. The third-order valence-electron chi connectivity index (χ3n) is 5.08. The minimum atomic E-state index is -0.374. The van der Waals surface area contributed by atoms with Gasteiger partial charge in [-0.15, -0.1) is 0 Å². The van der Waals surface area contributed by atoms with E-state index in [0.29, 0.717) is 5.75 Å². The number of aromatic hydroxyl groups is 1. The standard InChI is InChI=1S/C20H33NO2/c1-2-3-4-5-6-7-10-14-21-15-13-18(20(23)16-21)17-11-8-9-12-19(17)22/h8-9,11-12,18,20,22-23H,2-7,10,13-16H2,1H3. The van der Waals surface area contributed by atoms with E-state index in [2.05, 4.69) is 11.8 Å². The monoisotopic (exact) mass is 319 g/mol. The molecule has 3 nitrogen and oxygen atoms in total. The highest BCUT2D eigenvalue weighted by atomic mass is 16.3. The number of nitrogens with zero attached hydrogens (tertiary/aromatic N) is 1. The highest BCUT2D eigenvalue weighted by molar-refractivity contribution is 5.36. The maximum absolute atomic E-state index is 10.5. The number of phenols is 1. The lowest BCUT2D eigenvalue weighted by Gasteiger charge is -2.36. The van der Waals surface area contributed by atoms with Crippen LogP contribution in [0.4, 0.5) is 0 Å². The summed E-state index contributed by atoms with van der Waals surface area (Å²) >= 11 is 0. The highest BCUT2D eigenvalue weighted by Gasteiger charge is 2.29. The van der Waals surface area contributed by atoms with Gasteiger partial charge in [0, 0.05) is 12.5 Å². The largest absolute Gasteiger partial charge is 0.508 e. The van der Waals surface area contributed by atoms with E-state index in [1.807, 2.05) is 18.2 Å². The minimum Gasteiger partial charge on any atom is -0.508 e. The molecule has 1 aliphatic heterocycles. The second-order valence-corrected chi connectivity index (χ2v) is 6.94. The first kappa shape index (κ1) is 18.3. The van der Waals surface area contributed by atoms with E-state index < -0.39 is 0 Å². The summed E-state index contributed by atoms with van der Waals surface area (Å²) in [6, 6.07) is 7.43. The number of likely N-dealkylation sites (tertiary alicyclic amines) is 1. The summed E-state index contributed by atoms with van der Waals surface area (Å²) in [4.78, 5) is 2.38. The Hall–Kier alpha value is -1.06. The number of para-hydroxylation sites is 1. The first-order chi connectivity index (χ1) is 11.2. The van der Waals surface area contributed by atoms with Crippen LogP contribution in [0.2, 0.25) is 0 Å². The van der Waals surface area contributed by atoms with Gasteiger partial charge in [-0.3, -0.25) is 0 Å². The summed E-state index contributed by atoms with van der Waals surface area (Å²) in [5.74, 6) is 0.388. The topological polar surface area (TPSA) is 43.7 Å². The van der Waals surface area contributed by atoms with Gasteiger partial charge in [-0.2, -0.15) is 0 Å². The number of β-amino-alcohol motifs (C(OH)–C–C–N with tert-alkyl or cyclic N) is 1. The molecule has 0 amide bonds. The van der Waals surface area contributed by atoms with Gasteiger partial charge < -0.3 is 15.1 Å². The van der Waals surface area contributed by atoms with Gasteiger partial charge in [0.25, 0.3) is 0 Å². The Morgan fingerprint density at radius 3 is 2.43 bits per heavy atom. The van der Waals surface area contributed by atoms with Crippen LogP contribution in [-0.2, 0) is 0 Å². The van der Waals surface area contributed by atoms with Crippen LogP contribution in [0.25, 0.3) is 0 Å². The molecule has 0 spiro atoms. The van der Waals surface area contributed by atoms with Crippen LogP contribution in [0.3, 0.4) is 0 Å². The molecule has 2 N–H and O–H groups in total. The van der Waals surface area contributed by atoms with Crippen molar-refractivity contribution in [2.24, 2.45) is 0 Å². The second-order valence-electron chi connectivity index (χ2n) is 6.94. The minimum absolute atomic E-state index is 0.0708. The molecular weight excluding hydrogens is 286 g/mol. The second kappa shape index (κ2) is 9.94. The maximum atomic E-state index is 10.5. The van der Waals surface area contributed by atoms with Crippen molar-refractivity contribution in [3.05, 3.63) is 29.8 Å². The molecule has 1 fully saturated rings. The maximum Gasteiger partial charge on any atom is 0.119 e. The fourth-order valence-corrected chi connectivity index (χ4v) is 3.66. The van der Waals surface area contributed by atoms with E-state index in [1.54, 1.807) is 6.07 Å². The lowest BCUT2D eigenvalue weighted by molar-refractivity contribution is 0.0497. The van der Waals surface area contributed by atoms with Crippen LogP contribution in [0, 0.1) is 0 Å². The number of hydrogen-bond donors (Lipinski definition) is 2. The number of rotatable bonds is 9. The zero-order valence-corrected chi connectivity index (χ0v) is 14.6. The molecule has 0 saturated carbocycles. The summed E-state index contributed by atoms with van der Waals surface area (Å²) in [6.45, 7) is 5.10. The number of hydrogen-bond acceptors (Lipinski definition) is 3. The molecule has 0 aromatic heterocycles. The SMILES string of the molecule is CCCCCCCCCN1CCC(c2ccccc2O)C(O)C1. The van der Waals surface area contributed by atoms with Crippen molar-refractivity contribution in [3.8, 4) is 5.75 Å². The molecule has 1 saturated heterocycles. The van der Waals surface area contributed by atoms with Crippen molar-refractivity contribution in [2.75, 3.05) is 19.6 Å². The van der Waals surface area contributed by atoms with E-state index in [0.717, 1.165) is 31.6 Å². The van der Waals surface area contributed by atoms with Gasteiger partial charge in [-0.25, -0.2) is 0 Å². The third-order valence-corrected chi connectivity index (χ3v) is 5.08. The summed E-state index contributed by atoms with van der Waals surface area (Å²) < 4.78 is 0. The van der Waals surface area contributed by atoms with Crippen LogP contribution in [0.15, 0.2) is 24.3 Å². The number of piperidine rings is 1. The average molecular weight is 319 g/mol. The third kappa shape index (κ3) is 5.82. The van der Waals surface area contributed by atoms with Crippen LogP contribution in [-0.4, -0.2) is 40.9 Å². The van der Waals surface area contributed by atoms with Crippen molar-refractivity contribution in [2.45, 2.75) is 70.3 Å². The van der Waals surface area contributed by atoms with E-state index in [4.69, 9.17) is 0 Å². The molecule has 0 bridgehead atoms. The first-order valence-corrected chi connectivity index (χ1v) is 9.40. The van der Waals surface area contributed by atoms with Crippen LogP contribution in [0.5, 0.6) is 5.75 Å². The van der Waals surface area contributed by atoms with Crippen LogP contribution < -0.4 is 0 Å². The number of aliphatic hydroxyl groups is 1. The fourth-order valence-electron chi connectivity index (χ4n) is 3.66. The number of aliphatic hydroxyl groups excluding tert-OH is 1. The molecule has 130 valence electrons. The fraction of sp³-hybridized carbons (Fsp3) is 0.700. The van der Waals surface area contributed by atoms with Gasteiger partial charge in [0.05, 0.1) is 6.10 Å². The quantitative estimate of drug-likeness (QED) is 0.667. The average Bonchev–Trinajstić information content (AvgIpc) is 2.55. The van der Waals surface area contributed by atoms with Gasteiger partial charge in [-0.1, -0.05) is 63.6 Å². The molecule has 2 atom stereocenters. The molecule has 2 rings (SSSR count).